The maximum absolute atomic E-state index is 13.3. The molecule has 2 aliphatic heterocycles. The molecule has 1 aliphatic carbocycles. The number of anilines is 1. The molecule has 1 atom stereocenters. The number of aryl methyl sites for hydroxylation is 1. The highest BCUT2D eigenvalue weighted by Crippen LogP contribution is 2.45. The summed E-state index contributed by atoms with van der Waals surface area (Å²) in [6.07, 6.45) is 4.70. The molecule has 11 heteroatoms. The van der Waals surface area contributed by atoms with Gasteiger partial charge in [0.15, 0.2) is 0 Å². The average molecular weight is 498 g/mol. The minimum atomic E-state index is -4.59. The van der Waals surface area contributed by atoms with Gasteiger partial charge in [0.25, 0.3) is 0 Å². The third-order valence-electron chi connectivity index (χ3n) is 8.05. The van der Waals surface area contributed by atoms with Crippen LogP contribution in [0.5, 0.6) is 0 Å². The molecule has 1 saturated heterocycles. The van der Waals surface area contributed by atoms with Gasteiger partial charge in [0.1, 0.15) is 5.82 Å². The lowest BCUT2D eigenvalue weighted by Crippen LogP contribution is -2.54. The maximum Gasteiger partial charge on any atom is 0.419 e. The van der Waals surface area contributed by atoms with Gasteiger partial charge in [0, 0.05) is 54.9 Å². The van der Waals surface area contributed by atoms with E-state index in [1.165, 1.54) is 6.20 Å². The third kappa shape index (κ3) is 3.59. The highest BCUT2D eigenvalue weighted by molar-refractivity contribution is 5.76. The molecular weight excluding hydrogens is 471 g/mol. The Kier molecular flexibility index (Phi) is 5.03. The molecule has 188 valence electrons. The van der Waals surface area contributed by atoms with E-state index < -0.39 is 17.6 Å². The van der Waals surface area contributed by atoms with E-state index in [0.29, 0.717) is 25.3 Å². The van der Waals surface area contributed by atoms with E-state index in [4.69, 9.17) is 5.73 Å². The van der Waals surface area contributed by atoms with Gasteiger partial charge in [-0.15, -0.1) is 0 Å². The summed E-state index contributed by atoms with van der Waals surface area (Å²) < 4.78 is 41.8. The predicted octanol–water partition coefficient (Wildman–Crippen LogP) is 4.08. The first-order valence-electron chi connectivity index (χ1n) is 12.1. The molecule has 1 spiro atoms. The summed E-state index contributed by atoms with van der Waals surface area (Å²) in [5.41, 5.74) is 6.52. The zero-order chi connectivity index (χ0) is 25.1. The van der Waals surface area contributed by atoms with Crippen LogP contribution in [0.2, 0.25) is 0 Å². The Balaban J connectivity index is 1.22. The van der Waals surface area contributed by atoms with E-state index in [2.05, 4.69) is 20.4 Å². The van der Waals surface area contributed by atoms with Gasteiger partial charge in [-0.1, -0.05) is 6.07 Å². The first-order valence-corrected chi connectivity index (χ1v) is 12.1. The van der Waals surface area contributed by atoms with Crippen LogP contribution in [0.25, 0.3) is 11.3 Å². The van der Waals surface area contributed by atoms with Gasteiger partial charge >= 0.3 is 12.2 Å². The molecule has 6 rings (SSSR count). The van der Waals surface area contributed by atoms with Crippen LogP contribution in [-0.4, -0.2) is 43.8 Å². The second-order valence-corrected chi connectivity index (χ2v) is 10.1. The standard InChI is InChI=1S/C25H26F3N7O/c26-25(27,28)18-11-16(13-31-21(18)29)19-12-20-23(7-10-35(20)33-19)6-9-34(15-23)22(36)32-24(4-2-5-24)17-3-1-8-30-14-17/h1,3,8,11-14H,2,4-7,9-10,15H2,(H2,29,31)(H,32,36)/t23-/m1/s1. The first-order chi connectivity index (χ1) is 17.2. The smallest absolute Gasteiger partial charge is 0.383 e. The van der Waals surface area contributed by atoms with E-state index in [0.717, 1.165) is 49.4 Å². The van der Waals surface area contributed by atoms with Crippen LogP contribution >= 0.6 is 0 Å². The number of nitrogens with one attached hydrogen (secondary N) is 1. The Labute approximate surface area is 205 Å². The van der Waals surface area contributed by atoms with Crippen molar-refractivity contribution in [3.63, 3.8) is 0 Å². The van der Waals surface area contributed by atoms with Gasteiger partial charge in [-0.3, -0.25) is 9.67 Å². The summed E-state index contributed by atoms with van der Waals surface area (Å²) in [6.45, 7) is 1.80. The van der Waals surface area contributed by atoms with Crippen LogP contribution in [0, 0.1) is 0 Å². The van der Waals surface area contributed by atoms with Crippen LogP contribution in [0.3, 0.4) is 0 Å². The van der Waals surface area contributed by atoms with E-state index in [1.807, 2.05) is 34.0 Å². The fraction of sp³-hybridized carbons (Fsp3) is 0.440. The van der Waals surface area contributed by atoms with Crippen molar-refractivity contribution in [2.24, 2.45) is 0 Å². The minimum Gasteiger partial charge on any atom is -0.383 e. The second kappa shape index (κ2) is 7.94. The number of halogens is 3. The van der Waals surface area contributed by atoms with Crippen molar-refractivity contribution in [3.8, 4) is 11.3 Å². The number of rotatable bonds is 3. The van der Waals surface area contributed by atoms with Crippen LogP contribution in [0.1, 0.15) is 48.9 Å². The van der Waals surface area contributed by atoms with Crippen molar-refractivity contribution in [2.75, 3.05) is 18.8 Å². The number of urea groups is 1. The van der Waals surface area contributed by atoms with Gasteiger partial charge in [-0.05, 0) is 55.9 Å². The molecule has 2 amide bonds. The molecule has 36 heavy (non-hydrogen) atoms. The van der Waals surface area contributed by atoms with Crippen molar-refractivity contribution in [1.29, 1.82) is 0 Å². The molecule has 5 heterocycles. The van der Waals surface area contributed by atoms with Crippen LogP contribution in [-0.2, 0) is 23.7 Å². The van der Waals surface area contributed by atoms with Crippen molar-refractivity contribution < 1.29 is 18.0 Å². The second-order valence-electron chi connectivity index (χ2n) is 10.1. The number of nitrogen functional groups attached to an aromatic ring is 1. The molecule has 3 N–H and O–H groups in total. The molecule has 2 fully saturated rings. The first kappa shape index (κ1) is 22.8. The number of nitrogens with two attached hydrogens (primary N) is 1. The molecule has 3 aromatic rings. The summed E-state index contributed by atoms with van der Waals surface area (Å²) in [5, 5.41) is 7.84. The topological polar surface area (TPSA) is 102 Å². The monoisotopic (exact) mass is 497 g/mol. The number of alkyl halides is 3. The van der Waals surface area contributed by atoms with E-state index in [1.54, 1.807) is 6.20 Å². The molecule has 0 unspecified atom stereocenters. The normalized spacial score (nSPS) is 22.5. The number of fused-ring (bicyclic) bond motifs is 2. The quantitative estimate of drug-likeness (QED) is 0.568. The van der Waals surface area contributed by atoms with Crippen LogP contribution in [0.15, 0.2) is 42.9 Å². The Morgan fingerprint density at radius 2 is 1.92 bits per heavy atom. The van der Waals surface area contributed by atoms with Gasteiger partial charge in [0.2, 0.25) is 0 Å². The van der Waals surface area contributed by atoms with Gasteiger partial charge in [-0.25, -0.2) is 9.78 Å². The SMILES string of the molecule is Nc1ncc(-c2cc3n(n2)CC[C@@]32CCN(C(=O)NC3(c4cccnc4)CCC3)C2)cc1C(F)(F)F. The largest absolute Gasteiger partial charge is 0.419 e. The number of aromatic nitrogens is 4. The Morgan fingerprint density at radius 3 is 2.61 bits per heavy atom. The van der Waals surface area contributed by atoms with E-state index in [9.17, 15) is 18.0 Å². The van der Waals surface area contributed by atoms with Gasteiger partial charge in [-0.2, -0.15) is 18.3 Å². The zero-order valence-electron chi connectivity index (χ0n) is 19.6. The molecule has 1 saturated carbocycles. The van der Waals surface area contributed by atoms with Crippen molar-refractivity contribution in [1.82, 2.24) is 30.0 Å². The number of likely N-dealkylation sites (tertiary alicyclic amines) is 1. The third-order valence-corrected chi connectivity index (χ3v) is 8.05. The zero-order valence-corrected chi connectivity index (χ0v) is 19.6. The summed E-state index contributed by atoms with van der Waals surface area (Å²) in [4.78, 5) is 23.1. The van der Waals surface area contributed by atoms with Crippen LogP contribution in [0.4, 0.5) is 23.8 Å². The maximum atomic E-state index is 13.3. The number of pyridine rings is 2. The molecule has 8 nitrogen and oxygen atoms in total. The van der Waals surface area contributed by atoms with Gasteiger partial charge in [0.05, 0.1) is 16.8 Å². The molecule has 3 aliphatic rings. The highest BCUT2D eigenvalue weighted by Gasteiger charge is 2.49. The van der Waals surface area contributed by atoms with Gasteiger partial charge < -0.3 is 16.0 Å². The van der Waals surface area contributed by atoms with Crippen LogP contribution < -0.4 is 11.1 Å². The number of carbonyl (C=O) groups is 1. The van der Waals surface area contributed by atoms with E-state index >= 15 is 0 Å². The number of hydrogen-bond acceptors (Lipinski definition) is 5. The van der Waals surface area contributed by atoms with Crippen molar-refractivity contribution in [2.45, 2.75) is 55.8 Å². The highest BCUT2D eigenvalue weighted by atomic mass is 19.4. The Morgan fingerprint density at radius 1 is 1.11 bits per heavy atom. The summed E-state index contributed by atoms with van der Waals surface area (Å²) in [6, 6.07) is 6.64. The molecule has 3 aromatic heterocycles. The Bertz CT molecular complexity index is 1320. The summed E-state index contributed by atoms with van der Waals surface area (Å²) >= 11 is 0. The Hall–Kier alpha value is -3.63. The molecule has 0 radical (unpaired) electrons. The fourth-order valence-electron chi connectivity index (χ4n) is 5.85. The summed E-state index contributed by atoms with van der Waals surface area (Å²) in [5.74, 6) is -0.553. The van der Waals surface area contributed by atoms with Crippen molar-refractivity contribution >= 4 is 11.8 Å². The molecule has 0 aromatic carbocycles. The average Bonchev–Trinajstić information content (AvgIpc) is 3.53. The number of nitrogens with zero attached hydrogens (tertiary/aromatic N) is 5. The lowest BCUT2D eigenvalue weighted by molar-refractivity contribution is -0.137. The predicted molar refractivity (Wildman–Crippen MR) is 126 cm³/mol. The number of hydrogen-bond donors (Lipinski definition) is 2. The fourth-order valence-corrected chi connectivity index (χ4v) is 5.85. The molecular formula is C25H26F3N7O. The minimum absolute atomic E-state index is 0.0915. The molecule has 0 bridgehead atoms. The lowest BCUT2D eigenvalue weighted by atomic mass is 9.72. The lowest BCUT2D eigenvalue weighted by Gasteiger charge is -2.43. The summed E-state index contributed by atoms with van der Waals surface area (Å²) in [7, 11) is 0. The number of amides is 2. The van der Waals surface area contributed by atoms with Crippen molar-refractivity contribution in [3.05, 3.63) is 59.7 Å². The number of carbonyl (C=O) groups excluding carboxylic acids is 1. The van der Waals surface area contributed by atoms with E-state index in [-0.39, 0.29) is 22.5 Å².